The summed E-state index contributed by atoms with van der Waals surface area (Å²) >= 11 is 0. The van der Waals surface area contributed by atoms with Crippen LogP contribution in [0.2, 0.25) is 0 Å². The highest BCUT2D eigenvalue weighted by Crippen LogP contribution is 2.29. The van der Waals surface area contributed by atoms with Gasteiger partial charge in [-0.15, -0.1) is 5.10 Å². The molecule has 0 bridgehead atoms. The molecule has 0 atom stereocenters. The van der Waals surface area contributed by atoms with Gasteiger partial charge in [0.05, 0.1) is 12.6 Å². The zero-order chi connectivity index (χ0) is 19.2. The lowest BCUT2D eigenvalue weighted by atomic mass is 9.88. The predicted octanol–water partition coefficient (Wildman–Crippen LogP) is 3.63. The Kier molecular flexibility index (Phi) is 5.75. The van der Waals surface area contributed by atoms with Crippen LogP contribution in [0.3, 0.4) is 0 Å². The van der Waals surface area contributed by atoms with Gasteiger partial charge in [0, 0.05) is 12.3 Å². The Balaban J connectivity index is 1.43. The summed E-state index contributed by atoms with van der Waals surface area (Å²) in [5.41, 5.74) is 2.28. The highest BCUT2D eigenvalue weighted by atomic mass is 16.1. The van der Waals surface area contributed by atoms with E-state index in [1.807, 2.05) is 41.1 Å². The van der Waals surface area contributed by atoms with E-state index in [9.17, 15) is 4.79 Å². The summed E-state index contributed by atoms with van der Waals surface area (Å²) in [5, 5.41) is 15.1. The molecule has 0 spiro atoms. The number of aromatic nitrogens is 4. The van der Waals surface area contributed by atoms with Crippen LogP contribution in [0.25, 0.3) is 0 Å². The summed E-state index contributed by atoms with van der Waals surface area (Å²) in [6.45, 7) is 0.360. The van der Waals surface area contributed by atoms with E-state index in [2.05, 4.69) is 45.1 Å². The molecule has 1 aliphatic carbocycles. The first kappa shape index (κ1) is 18.3. The molecule has 0 unspecified atom stereocenters. The van der Waals surface area contributed by atoms with E-state index in [1.165, 1.54) is 12.8 Å². The van der Waals surface area contributed by atoms with Gasteiger partial charge in [-0.1, -0.05) is 73.5 Å². The Bertz CT molecular complexity index is 848. The number of amides is 1. The van der Waals surface area contributed by atoms with Crippen LogP contribution in [0.1, 0.15) is 61.0 Å². The standard InChI is InChI=1S/C22H25N5O/c28-22(23-16-21-24-25-26-27(21)19-13-7-8-14-19)15-20(17-9-3-1-4-10-17)18-11-5-2-6-12-18/h1-6,9-12,19-20H,7-8,13-16H2,(H,23,28). The average molecular weight is 375 g/mol. The van der Waals surface area contributed by atoms with Gasteiger partial charge in [-0.2, -0.15) is 0 Å². The zero-order valence-electron chi connectivity index (χ0n) is 15.9. The molecule has 6 nitrogen and oxygen atoms in total. The summed E-state index contributed by atoms with van der Waals surface area (Å²) in [7, 11) is 0. The van der Waals surface area contributed by atoms with Gasteiger partial charge >= 0.3 is 0 Å². The molecule has 1 heterocycles. The van der Waals surface area contributed by atoms with Crippen molar-refractivity contribution in [3.63, 3.8) is 0 Å². The number of carbonyl (C=O) groups is 1. The summed E-state index contributed by atoms with van der Waals surface area (Å²) < 4.78 is 1.89. The number of hydrogen-bond acceptors (Lipinski definition) is 4. The van der Waals surface area contributed by atoms with Crippen molar-refractivity contribution in [2.24, 2.45) is 0 Å². The number of hydrogen-bond donors (Lipinski definition) is 1. The molecule has 0 aliphatic heterocycles. The molecule has 6 heteroatoms. The van der Waals surface area contributed by atoms with Crippen LogP contribution in [-0.4, -0.2) is 26.1 Å². The SMILES string of the molecule is O=C(CC(c1ccccc1)c1ccccc1)NCc1nnnn1C1CCCC1. The molecule has 1 amide bonds. The van der Waals surface area contributed by atoms with E-state index < -0.39 is 0 Å². The van der Waals surface area contributed by atoms with Gasteiger partial charge in [-0.3, -0.25) is 4.79 Å². The molecule has 2 aromatic carbocycles. The van der Waals surface area contributed by atoms with Crippen molar-refractivity contribution in [2.75, 3.05) is 0 Å². The smallest absolute Gasteiger partial charge is 0.221 e. The van der Waals surface area contributed by atoms with E-state index >= 15 is 0 Å². The Morgan fingerprint density at radius 2 is 1.61 bits per heavy atom. The lowest BCUT2D eigenvalue weighted by molar-refractivity contribution is -0.121. The predicted molar refractivity (Wildman–Crippen MR) is 107 cm³/mol. The molecule has 3 aromatic rings. The molecular formula is C22H25N5O. The van der Waals surface area contributed by atoms with Gasteiger partial charge in [-0.05, 0) is 34.4 Å². The number of nitrogens with one attached hydrogen (secondary N) is 1. The maximum absolute atomic E-state index is 12.7. The third-order valence-electron chi connectivity index (χ3n) is 5.47. The summed E-state index contributed by atoms with van der Waals surface area (Å²) in [6.07, 6.45) is 5.03. The van der Waals surface area contributed by atoms with Crippen LogP contribution < -0.4 is 5.32 Å². The zero-order valence-corrected chi connectivity index (χ0v) is 15.9. The second-order valence-electron chi connectivity index (χ2n) is 7.33. The van der Waals surface area contributed by atoms with Gasteiger partial charge in [0.1, 0.15) is 0 Å². The molecule has 1 fully saturated rings. The Morgan fingerprint density at radius 1 is 1.00 bits per heavy atom. The van der Waals surface area contributed by atoms with Crippen LogP contribution in [0, 0.1) is 0 Å². The lowest BCUT2D eigenvalue weighted by Gasteiger charge is -2.18. The number of benzene rings is 2. The van der Waals surface area contributed by atoms with E-state index in [0.717, 1.165) is 29.8 Å². The van der Waals surface area contributed by atoms with Gasteiger partial charge in [-0.25, -0.2) is 4.68 Å². The Labute approximate surface area is 165 Å². The maximum atomic E-state index is 12.7. The molecule has 0 radical (unpaired) electrons. The first-order valence-corrected chi connectivity index (χ1v) is 9.94. The first-order chi connectivity index (χ1) is 13.8. The third kappa shape index (κ3) is 4.27. The number of nitrogens with zero attached hydrogens (tertiary/aromatic N) is 4. The summed E-state index contributed by atoms with van der Waals surface area (Å²) in [5.74, 6) is 0.753. The van der Waals surface area contributed by atoms with Gasteiger partial charge < -0.3 is 5.32 Å². The van der Waals surface area contributed by atoms with Crippen molar-refractivity contribution >= 4 is 5.91 Å². The second-order valence-corrected chi connectivity index (χ2v) is 7.33. The van der Waals surface area contributed by atoms with Crippen molar-refractivity contribution in [2.45, 2.75) is 50.6 Å². The minimum Gasteiger partial charge on any atom is -0.349 e. The number of rotatable bonds is 7. The van der Waals surface area contributed by atoms with Crippen LogP contribution in [0.15, 0.2) is 60.7 Å². The minimum atomic E-state index is -0.00122. The number of carbonyl (C=O) groups excluding carboxylic acids is 1. The van der Waals surface area contributed by atoms with E-state index in [-0.39, 0.29) is 11.8 Å². The highest BCUT2D eigenvalue weighted by molar-refractivity contribution is 5.77. The highest BCUT2D eigenvalue weighted by Gasteiger charge is 2.22. The van der Waals surface area contributed by atoms with Crippen molar-refractivity contribution in [1.82, 2.24) is 25.5 Å². The van der Waals surface area contributed by atoms with Crippen LogP contribution in [-0.2, 0) is 11.3 Å². The monoisotopic (exact) mass is 375 g/mol. The molecule has 4 rings (SSSR count). The molecule has 144 valence electrons. The molecule has 1 aromatic heterocycles. The van der Waals surface area contributed by atoms with E-state index in [4.69, 9.17) is 0 Å². The van der Waals surface area contributed by atoms with Crippen LogP contribution in [0.5, 0.6) is 0 Å². The van der Waals surface area contributed by atoms with Gasteiger partial charge in [0.2, 0.25) is 5.91 Å². The molecule has 1 saturated carbocycles. The summed E-state index contributed by atoms with van der Waals surface area (Å²) in [4.78, 5) is 12.7. The molecule has 0 saturated heterocycles. The quantitative estimate of drug-likeness (QED) is 0.684. The van der Waals surface area contributed by atoms with E-state index in [0.29, 0.717) is 19.0 Å². The Morgan fingerprint density at radius 3 is 2.21 bits per heavy atom. The third-order valence-corrected chi connectivity index (χ3v) is 5.47. The molecule has 1 aliphatic rings. The molecular weight excluding hydrogens is 350 g/mol. The van der Waals surface area contributed by atoms with Crippen LogP contribution in [0.4, 0.5) is 0 Å². The minimum absolute atomic E-state index is 0.00122. The van der Waals surface area contributed by atoms with Crippen molar-refractivity contribution in [3.05, 3.63) is 77.6 Å². The van der Waals surface area contributed by atoms with E-state index in [1.54, 1.807) is 0 Å². The second kappa shape index (κ2) is 8.78. The van der Waals surface area contributed by atoms with Gasteiger partial charge in [0.25, 0.3) is 0 Å². The largest absolute Gasteiger partial charge is 0.349 e. The van der Waals surface area contributed by atoms with Crippen molar-refractivity contribution in [1.29, 1.82) is 0 Å². The van der Waals surface area contributed by atoms with Crippen molar-refractivity contribution in [3.8, 4) is 0 Å². The summed E-state index contributed by atoms with van der Waals surface area (Å²) in [6, 6.07) is 20.7. The van der Waals surface area contributed by atoms with Crippen molar-refractivity contribution < 1.29 is 4.79 Å². The molecule has 1 N–H and O–H groups in total. The fourth-order valence-corrected chi connectivity index (χ4v) is 4.00. The first-order valence-electron chi connectivity index (χ1n) is 9.94. The van der Waals surface area contributed by atoms with Crippen LogP contribution >= 0.6 is 0 Å². The molecule has 28 heavy (non-hydrogen) atoms. The number of tetrazole rings is 1. The average Bonchev–Trinajstić information content (AvgIpc) is 3.43. The topological polar surface area (TPSA) is 72.7 Å². The Hall–Kier alpha value is -3.02. The lowest BCUT2D eigenvalue weighted by Crippen LogP contribution is -2.27. The fraction of sp³-hybridized carbons (Fsp3) is 0.364. The normalized spacial score (nSPS) is 14.5. The fourth-order valence-electron chi connectivity index (χ4n) is 4.00. The maximum Gasteiger partial charge on any atom is 0.221 e. The van der Waals surface area contributed by atoms with Gasteiger partial charge in [0.15, 0.2) is 5.82 Å².